The minimum Gasteiger partial charge on any atom is -0.392 e. The van der Waals surface area contributed by atoms with E-state index in [1.54, 1.807) is 0 Å². The van der Waals surface area contributed by atoms with Gasteiger partial charge in [-0.3, -0.25) is 4.79 Å². The number of anilines is 1. The van der Waals surface area contributed by atoms with Gasteiger partial charge < -0.3 is 15.7 Å². The fourth-order valence-electron chi connectivity index (χ4n) is 2.13. The second-order valence-electron chi connectivity index (χ2n) is 5.41. The summed E-state index contributed by atoms with van der Waals surface area (Å²) in [6, 6.07) is 9.69. The molecule has 18 heavy (non-hydrogen) atoms. The largest absolute Gasteiger partial charge is 0.392 e. The summed E-state index contributed by atoms with van der Waals surface area (Å²) in [6.07, 6.45) is 0.328. The summed E-state index contributed by atoms with van der Waals surface area (Å²) in [4.78, 5) is 11.8. The highest BCUT2D eigenvalue weighted by atomic mass is 16.3. The fraction of sp³-hybridized carbons (Fsp3) is 0.500. The molecule has 0 radical (unpaired) electrons. The highest BCUT2D eigenvalue weighted by Crippen LogP contribution is 2.40. The van der Waals surface area contributed by atoms with E-state index in [0.29, 0.717) is 6.42 Å². The van der Waals surface area contributed by atoms with Crippen LogP contribution < -0.4 is 10.6 Å². The molecule has 0 spiro atoms. The molecule has 3 N–H and O–H groups in total. The summed E-state index contributed by atoms with van der Waals surface area (Å²) < 4.78 is 0. The SMILES string of the molecule is CC1(C)C(O)CC1NC(=O)CNc1ccccc1. The molecule has 2 atom stereocenters. The van der Waals surface area contributed by atoms with Gasteiger partial charge in [-0.05, 0) is 18.6 Å². The molecule has 2 unspecified atom stereocenters. The molecule has 1 aromatic carbocycles. The Morgan fingerprint density at radius 1 is 1.39 bits per heavy atom. The number of para-hydroxylation sites is 1. The molecule has 0 saturated heterocycles. The normalized spacial score (nSPS) is 25.1. The summed E-state index contributed by atoms with van der Waals surface area (Å²) in [5.41, 5.74) is 0.711. The van der Waals surface area contributed by atoms with Crippen molar-refractivity contribution in [1.82, 2.24) is 5.32 Å². The van der Waals surface area contributed by atoms with Crippen molar-refractivity contribution in [3.05, 3.63) is 30.3 Å². The molecule has 4 heteroatoms. The number of hydrogen-bond acceptors (Lipinski definition) is 3. The van der Waals surface area contributed by atoms with Gasteiger partial charge in [0.1, 0.15) is 0 Å². The van der Waals surface area contributed by atoms with Crippen molar-refractivity contribution >= 4 is 11.6 Å². The van der Waals surface area contributed by atoms with Crippen LogP contribution in [0.2, 0.25) is 0 Å². The van der Waals surface area contributed by atoms with E-state index < -0.39 is 0 Å². The zero-order chi connectivity index (χ0) is 13.2. The first kappa shape index (κ1) is 12.9. The minimum atomic E-state index is -0.315. The smallest absolute Gasteiger partial charge is 0.239 e. The van der Waals surface area contributed by atoms with Gasteiger partial charge >= 0.3 is 0 Å². The lowest BCUT2D eigenvalue weighted by atomic mass is 9.64. The van der Waals surface area contributed by atoms with E-state index in [-0.39, 0.29) is 30.0 Å². The summed E-state index contributed by atoms with van der Waals surface area (Å²) in [5.74, 6) is -0.0381. The van der Waals surface area contributed by atoms with Crippen molar-refractivity contribution in [3.8, 4) is 0 Å². The van der Waals surface area contributed by atoms with Crippen molar-refractivity contribution in [2.24, 2.45) is 5.41 Å². The van der Waals surface area contributed by atoms with Crippen LogP contribution in [-0.4, -0.2) is 29.7 Å². The van der Waals surface area contributed by atoms with E-state index in [9.17, 15) is 9.90 Å². The van der Waals surface area contributed by atoms with Crippen molar-refractivity contribution in [1.29, 1.82) is 0 Å². The zero-order valence-corrected chi connectivity index (χ0v) is 10.8. The number of benzene rings is 1. The summed E-state index contributed by atoms with van der Waals surface area (Å²) in [7, 11) is 0. The maximum atomic E-state index is 11.8. The molecule has 98 valence electrons. The van der Waals surface area contributed by atoms with E-state index in [4.69, 9.17) is 0 Å². The first-order chi connectivity index (χ1) is 8.50. The van der Waals surface area contributed by atoms with Crippen LogP contribution in [0.3, 0.4) is 0 Å². The maximum absolute atomic E-state index is 11.8. The Balaban J connectivity index is 1.77. The Morgan fingerprint density at radius 3 is 2.61 bits per heavy atom. The van der Waals surface area contributed by atoms with Gasteiger partial charge in [-0.1, -0.05) is 32.0 Å². The molecule has 1 aromatic rings. The number of nitrogens with one attached hydrogen (secondary N) is 2. The third-order valence-electron chi connectivity index (χ3n) is 3.78. The van der Waals surface area contributed by atoms with Crippen LogP contribution in [-0.2, 0) is 4.79 Å². The van der Waals surface area contributed by atoms with Crippen LogP contribution in [0.15, 0.2) is 30.3 Å². The predicted octanol–water partition coefficient (Wildman–Crippen LogP) is 1.37. The van der Waals surface area contributed by atoms with E-state index in [1.807, 2.05) is 44.2 Å². The molecule has 0 heterocycles. The Kier molecular flexibility index (Phi) is 3.57. The average Bonchev–Trinajstić information content (AvgIpc) is 2.37. The second-order valence-corrected chi connectivity index (χ2v) is 5.41. The predicted molar refractivity (Wildman–Crippen MR) is 71.3 cm³/mol. The van der Waals surface area contributed by atoms with Crippen molar-refractivity contribution in [2.45, 2.75) is 32.4 Å². The van der Waals surface area contributed by atoms with Gasteiger partial charge in [-0.15, -0.1) is 0 Å². The van der Waals surface area contributed by atoms with Crippen molar-refractivity contribution in [2.75, 3.05) is 11.9 Å². The topological polar surface area (TPSA) is 61.4 Å². The number of hydrogen-bond donors (Lipinski definition) is 3. The number of aliphatic hydroxyl groups excluding tert-OH is 1. The Morgan fingerprint density at radius 2 is 2.06 bits per heavy atom. The van der Waals surface area contributed by atoms with Gasteiger partial charge in [0.15, 0.2) is 0 Å². The molecule has 1 aliphatic carbocycles. The van der Waals surface area contributed by atoms with E-state index >= 15 is 0 Å². The molecule has 1 amide bonds. The van der Waals surface area contributed by atoms with Crippen LogP contribution in [0.25, 0.3) is 0 Å². The van der Waals surface area contributed by atoms with Gasteiger partial charge in [0.25, 0.3) is 0 Å². The maximum Gasteiger partial charge on any atom is 0.239 e. The van der Waals surface area contributed by atoms with Crippen LogP contribution in [0.4, 0.5) is 5.69 Å². The average molecular weight is 248 g/mol. The molecule has 1 aliphatic rings. The molecule has 1 fully saturated rings. The van der Waals surface area contributed by atoms with Gasteiger partial charge in [0.2, 0.25) is 5.91 Å². The molecule has 1 saturated carbocycles. The van der Waals surface area contributed by atoms with Crippen LogP contribution in [0, 0.1) is 5.41 Å². The number of rotatable bonds is 4. The lowest BCUT2D eigenvalue weighted by molar-refractivity contribution is -0.127. The van der Waals surface area contributed by atoms with Gasteiger partial charge in [0.05, 0.1) is 12.6 Å². The fourth-order valence-corrected chi connectivity index (χ4v) is 2.13. The minimum absolute atomic E-state index is 0.0381. The van der Waals surface area contributed by atoms with Crippen molar-refractivity contribution in [3.63, 3.8) is 0 Å². The van der Waals surface area contributed by atoms with Gasteiger partial charge in [0, 0.05) is 17.1 Å². The standard InChI is InChI=1S/C14H20N2O2/c1-14(2)11(8-12(14)17)16-13(18)9-15-10-6-4-3-5-7-10/h3-7,11-12,15,17H,8-9H2,1-2H3,(H,16,18). The third kappa shape index (κ3) is 2.64. The van der Waals surface area contributed by atoms with E-state index in [0.717, 1.165) is 5.69 Å². The zero-order valence-electron chi connectivity index (χ0n) is 10.8. The van der Waals surface area contributed by atoms with Crippen molar-refractivity contribution < 1.29 is 9.90 Å². The Bertz CT molecular complexity index is 417. The molecular weight excluding hydrogens is 228 g/mol. The van der Waals surface area contributed by atoms with Gasteiger partial charge in [-0.2, -0.15) is 0 Å². The first-order valence-corrected chi connectivity index (χ1v) is 6.26. The van der Waals surface area contributed by atoms with Crippen LogP contribution in [0.1, 0.15) is 20.3 Å². The van der Waals surface area contributed by atoms with E-state index in [2.05, 4.69) is 10.6 Å². The number of carbonyl (C=O) groups is 1. The lowest BCUT2D eigenvalue weighted by Gasteiger charge is -2.49. The highest BCUT2D eigenvalue weighted by Gasteiger charge is 2.47. The summed E-state index contributed by atoms with van der Waals surface area (Å²) in [5, 5.41) is 15.6. The molecule has 0 aliphatic heterocycles. The van der Waals surface area contributed by atoms with E-state index in [1.165, 1.54) is 0 Å². The number of carbonyl (C=O) groups excluding carboxylic acids is 1. The molecule has 4 nitrogen and oxygen atoms in total. The van der Waals surface area contributed by atoms with Gasteiger partial charge in [-0.25, -0.2) is 0 Å². The molecular formula is C14H20N2O2. The van der Waals surface area contributed by atoms with Crippen LogP contribution >= 0.6 is 0 Å². The number of amides is 1. The highest BCUT2D eigenvalue weighted by molar-refractivity contribution is 5.81. The van der Waals surface area contributed by atoms with Crippen LogP contribution in [0.5, 0.6) is 0 Å². The third-order valence-corrected chi connectivity index (χ3v) is 3.78. The quantitative estimate of drug-likeness (QED) is 0.754. The molecule has 2 rings (SSSR count). The summed E-state index contributed by atoms with van der Waals surface area (Å²) >= 11 is 0. The Labute approximate surface area is 107 Å². The lowest BCUT2D eigenvalue weighted by Crippen LogP contribution is -2.61. The number of aliphatic hydroxyl groups is 1. The second kappa shape index (κ2) is 4.98. The summed E-state index contributed by atoms with van der Waals surface area (Å²) in [6.45, 7) is 4.19. The molecule has 0 bridgehead atoms. The first-order valence-electron chi connectivity index (χ1n) is 6.26. The Hall–Kier alpha value is -1.55. The monoisotopic (exact) mass is 248 g/mol. The molecule has 0 aromatic heterocycles.